The molecule has 0 unspecified atom stereocenters. The van der Waals surface area contributed by atoms with Gasteiger partial charge in [0, 0.05) is 25.6 Å². The lowest BCUT2D eigenvalue weighted by Gasteiger charge is -1.95. The highest BCUT2D eigenvalue weighted by Gasteiger charge is 2.16. The monoisotopic (exact) mass is 208 g/mol. The Labute approximate surface area is 80.7 Å². The first kappa shape index (κ1) is 8.97. The third-order valence-electron chi connectivity index (χ3n) is 1.07. The molecule has 1 rings (SSSR count). The van der Waals surface area contributed by atoms with Crippen molar-refractivity contribution in [2.75, 3.05) is 11.5 Å². The lowest BCUT2D eigenvalue weighted by molar-refractivity contribution is 1.61. The zero-order valence-corrected chi connectivity index (χ0v) is 8.75. The van der Waals surface area contributed by atoms with Crippen LogP contribution in [-0.2, 0) is 0 Å². The van der Waals surface area contributed by atoms with Crippen molar-refractivity contribution < 1.29 is 0 Å². The summed E-state index contributed by atoms with van der Waals surface area (Å²) in [5.74, 6) is 1.62. The molecule has 0 radical (unpaired) electrons. The molecule has 0 atom stereocenters. The molecule has 1 aliphatic rings. The van der Waals surface area contributed by atoms with Crippen LogP contribution in [-0.4, -0.2) is 11.5 Å². The van der Waals surface area contributed by atoms with Crippen LogP contribution < -0.4 is 0 Å². The Bertz CT molecular complexity index is 164. The van der Waals surface area contributed by atoms with Gasteiger partial charge in [0.05, 0.1) is 0 Å². The minimum absolute atomic E-state index is 0.812. The van der Waals surface area contributed by atoms with Crippen LogP contribution in [0.5, 0.6) is 0 Å². The van der Waals surface area contributed by atoms with Crippen molar-refractivity contribution in [3.63, 3.8) is 0 Å². The third-order valence-corrected chi connectivity index (χ3v) is 4.49. The summed E-state index contributed by atoms with van der Waals surface area (Å²) in [5.41, 5.74) is 0. The van der Waals surface area contributed by atoms with Gasteiger partial charge in [0.2, 0.25) is 0 Å². The molecule has 0 nitrogen and oxygen atoms in total. The fourth-order valence-corrected chi connectivity index (χ4v) is 3.70. The summed E-state index contributed by atoms with van der Waals surface area (Å²) in [6, 6.07) is 0. The van der Waals surface area contributed by atoms with Crippen molar-refractivity contribution in [3.8, 4) is 0 Å². The van der Waals surface area contributed by atoms with E-state index in [2.05, 4.69) is 31.8 Å². The second kappa shape index (κ2) is 4.04. The van der Waals surface area contributed by atoms with E-state index in [-0.39, 0.29) is 0 Å². The molecule has 0 bridgehead atoms. The van der Waals surface area contributed by atoms with Gasteiger partial charge in [-0.2, -0.15) is 25.3 Å². The Morgan fingerprint density at radius 3 is 1.80 bits per heavy atom. The van der Waals surface area contributed by atoms with E-state index in [9.17, 15) is 0 Å². The maximum absolute atomic E-state index is 4.20. The molecular weight excluding hydrogens is 200 g/mol. The van der Waals surface area contributed by atoms with Crippen LogP contribution in [0.1, 0.15) is 0 Å². The quantitative estimate of drug-likeness (QED) is 0.670. The number of thioether (sulfide) groups is 2. The second-order valence-electron chi connectivity index (χ2n) is 1.74. The van der Waals surface area contributed by atoms with E-state index in [0.29, 0.717) is 0 Å². The number of hydrogen-bond acceptors (Lipinski definition) is 4. The molecule has 4 heteroatoms. The molecule has 56 valence electrons. The topological polar surface area (TPSA) is 0 Å². The molecule has 0 aromatic heterocycles. The molecule has 0 spiro atoms. The van der Waals surface area contributed by atoms with Crippen molar-refractivity contribution >= 4 is 48.8 Å². The molecule has 1 heterocycles. The summed E-state index contributed by atoms with van der Waals surface area (Å²) in [5, 5.41) is 0. The first-order valence-corrected chi connectivity index (χ1v) is 5.66. The smallest absolute Gasteiger partial charge is 0.0421 e. The van der Waals surface area contributed by atoms with Crippen LogP contribution in [0, 0.1) is 0 Å². The van der Waals surface area contributed by atoms with Gasteiger partial charge in [0.1, 0.15) is 0 Å². The Morgan fingerprint density at radius 2 is 1.50 bits per heavy atom. The molecular formula is C6H8S4. The summed E-state index contributed by atoms with van der Waals surface area (Å²) in [4.78, 5) is 2.63. The van der Waals surface area contributed by atoms with E-state index in [0.717, 1.165) is 15.7 Å². The fourth-order valence-electron chi connectivity index (χ4n) is 0.650. The zero-order valence-electron chi connectivity index (χ0n) is 5.33. The van der Waals surface area contributed by atoms with Crippen LogP contribution in [0.3, 0.4) is 0 Å². The van der Waals surface area contributed by atoms with E-state index in [1.54, 1.807) is 23.5 Å². The molecule has 10 heavy (non-hydrogen) atoms. The molecule has 0 fully saturated rings. The lowest BCUT2D eigenvalue weighted by atomic mass is 10.6. The highest BCUT2D eigenvalue weighted by molar-refractivity contribution is 8.28. The Balaban J connectivity index is 2.70. The van der Waals surface area contributed by atoms with E-state index in [4.69, 9.17) is 0 Å². The van der Waals surface area contributed by atoms with Gasteiger partial charge < -0.3 is 0 Å². The predicted octanol–water partition coefficient (Wildman–Crippen LogP) is 3.01. The van der Waals surface area contributed by atoms with Crippen molar-refractivity contribution in [3.05, 3.63) is 20.6 Å². The van der Waals surface area contributed by atoms with E-state index >= 15 is 0 Å². The molecule has 0 saturated carbocycles. The Morgan fingerprint density at radius 1 is 1.10 bits per heavy atom. The van der Waals surface area contributed by atoms with Crippen molar-refractivity contribution in [1.82, 2.24) is 0 Å². The average Bonchev–Trinajstić information content (AvgIpc) is 2.30. The van der Waals surface area contributed by atoms with Crippen LogP contribution in [0.25, 0.3) is 0 Å². The SMILES string of the molecule is C=C1SC(CS)=C(CS)S1. The van der Waals surface area contributed by atoms with Crippen LogP contribution in [0.2, 0.25) is 0 Å². The van der Waals surface area contributed by atoms with Gasteiger partial charge in [-0.15, -0.1) is 0 Å². The van der Waals surface area contributed by atoms with E-state index in [1.165, 1.54) is 9.81 Å². The van der Waals surface area contributed by atoms with Gasteiger partial charge in [-0.05, 0) is 0 Å². The van der Waals surface area contributed by atoms with Crippen LogP contribution >= 0.6 is 48.8 Å². The van der Waals surface area contributed by atoms with Gasteiger partial charge in [-0.3, -0.25) is 0 Å². The van der Waals surface area contributed by atoms with Crippen molar-refractivity contribution in [2.45, 2.75) is 0 Å². The summed E-state index contributed by atoms with van der Waals surface area (Å²) < 4.78 is 1.15. The average molecular weight is 208 g/mol. The summed E-state index contributed by atoms with van der Waals surface area (Å²) in [7, 11) is 0. The maximum Gasteiger partial charge on any atom is 0.0421 e. The highest BCUT2D eigenvalue weighted by Crippen LogP contribution is 2.48. The molecule has 0 amide bonds. The minimum atomic E-state index is 0.812. The fraction of sp³-hybridized carbons (Fsp3) is 0.333. The zero-order chi connectivity index (χ0) is 7.56. The molecule has 0 N–H and O–H groups in total. The normalized spacial score (nSPS) is 18.8. The Kier molecular flexibility index (Phi) is 3.63. The minimum Gasteiger partial charge on any atom is -0.174 e. The van der Waals surface area contributed by atoms with Crippen LogP contribution in [0.15, 0.2) is 20.6 Å². The standard InChI is InChI=1S/C6H8S4/c1-4-9-5(2-7)6(3-8)10-4/h7-8H,1-3H2. The first-order valence-electron chi connectivity index (χ1n) is 2.76. The number of thiol groups is 2. The number of hydrogen-bond donors (Lipinski definition) is 2. The van der Waals surface area contributed by atoms with Crippen molar-refractivity contribution in [1.29, 1.82) is 0 Å². The molecule has 0 aliphatic carbocycles. The molecule has 0 saturated heterocycles. The lowest BCUT2D eigenvalue weighted by Crippen LogP contribution is -1.80. The highest BCUT2D eigenvalue weighted by atomic mass is 32.2. The summed E-state index contributed by atoms with van der Waals surface area (Å²) >= 11 is 11.8. The maximum atomic E-state index is 4.20. The summed E-state index contributed by atoms with van der Waals surface area (Å²) in [6.07, 6.45) is 0. The van der Waals surface area contributed by atoms with E-state index in [1.807, 2.05) is 0 Å². The van der Waals surface area contributed by atoms with Gasteiger partial charge in [0.25, 0.3) is 0 Å². The Hall–Kier alpha value is 0.880. The van der Waals surface area contributed by atoms with Gasteiger partial charge in [-0.1, -0.05) is 30.1 Å². The van der Waals surface area contributed by atoms with E-state index < -0.39 is 0 Å². The van der Waals surface area contributed by atoms with Gasteiger partial charge in [-0.25, -0.2) is 0 Å². The van der Waals surface area contributed by atoms with Gasteiger partial charge in [0.15, 0.2) is 0 Å². The molecule has 0 aromatic rings. The second-order valence-corrected chi connectivity index (χ2v) is 5.01. The predicted molar refractivity (Wildman–Crippen MR) is 59.1 cm³/mol. The molecule has 1 aliphatic heterocycles. The van der Waals surface area contributed by atoms with Crippen molar-refractivity contribution in [2.24, 2.45) is 0 Å². The first-order chi connectivity index (χ1) is 4.77. The van der Waals surface area contributed by atoms with Gasteiger partial charge >= 0.3 is 0 Å². The number of rotatable bonds is 2. The summed E-state index contributed by atoms with van der Waals surface area (Å²) in [6.45, 7) is 3.87. The molecule has 0 aromatic carbocycles. The van der Waals surface area contributed by atoms with Crippen LogP contribution in [0.4, 0.5) is 0 Å². The largest absolute Gasteiger partial charge is 0.174 e. The third kappa shape index (κ3) is 1.94.